The van der Waals surface area contributed by atoms with Crippen molar-refractivity contribution in [2.24, 2.45) is 4.99 Å². The molecule has 9 heavy (non-hydrogen) atoms. The minimum Gasteiger partial charge on any atom is -0.278 e. The van der Waals surface area contributed by atoms with E-state index in [1.54, 1.807) is 0 Å². The minimum atomic E-state index is -2.50. The van der Waals surface area contributed by atoms with Gasteiger partial charge in [0.05, 0.1) is 12.9 Å². The molecule has 0 spiro atoms. The zero-order chi connectivity index (χ0) is 6.85. The molecule has 0 bridgehead atoms. The zero-order valence-corrected chi connectivity index (χ0v) is 4.72. The van der Waals surface area contributed by atoms with E-state index >= 15 is 0 Å². The largest absolute Gasteiger partial charge is 0.319 e. The summed E-state index contributed by atoms with van der Waals surface area (Å²) in [6.07, 6.45) is 1.10. The van der Waals surface area contributed by atoms with E-state index in [0.717, 1.165) is 11.2 Å². The average molecular weight is 132 g/mol. The third kappa shape index (κ3) is 1.06. The fourth-order valence-corrected chi connectivity index (χ4v) is 0.586. The first kappa shape index (κ1) is 6.19. The molecule has 50 valence electrons. The predicted octanol–water partition coefficient (Wildman–Crippen LogP) is 1.07. The van der Waals surface area contributed by atoms with Crippen LogP contribution in [0.15, 0.2) is 17.3 Å². The molecular weight excluding hydrogens is 126 g/mol. The molecule has 0 atom stereocenters. The van der Waals surface area contributed by atoms with Gasteiger partial charge in [-0.15, -0.1) is 0 Å². The SMILES string of the molecule is C=C1CN=CN1C(F)F. The number of rotatable bonds is 1. The minimum absolute atomic E-state index is 0.296. The highest BCUT2D eigenvalue weighted by Gasteiger charge is 2.18. The van der Waals surface area contributed by atoms with Crippen LogP contribution < -0.4 is 0 Å². The Kier molecular flexibility index (Phi) is 1.46. The van der Waals surface area contributed by atoms with Crippen molar-refractivity contribution in [2.75, 3.05) is 6.54 Å². The first-order valence-corrected chi connectivity index (χ1v) is 2.46. The zero-order valence-electron chi connectivity index (χ0n) is 4.72. The van der Waals surface area contributed by atoms with Gasteiger partial charge in [0.25, 0.3) is 0 Å². The van der Waals surface area contributed by atoms with Gasteiger partial charge in [0, 0.05) is 5.70 Å². The summed E-state index contributed by atoms with van der Waals surface area (Å²) in [4.78, 5) is 4.34. The first-order chi connectivity index (χ1) is 4.22. The molecule has 1 aliphatic rings. The predicted molar refractivity (Wildman–Crippen MR) is 30.3 cm³/mol. The second kappa shape index (κ2) is 2.13. The van der Waals surface area contributed by atoms with Crippen molar-refractivity contribution in [1.82, 2.24) is 4.90 Å². The number of halogens is 2. The van der Waals surface area contributed by atoms with Crippen molar-refractivity contribution in [3.05, 3.63) is 12.3 Å². The van der Waals surface area contributed by atoms with E-state index in [2.05, 4.69) is 11.6 Å². The van der Waals surface area contributed by atoms with Gasteiger partial charge >= 0.3 is 6.55 Å². The summed E-state index contributed by atoms with van der Waals surface area (Å²) in [7, 11) is 0. The molecule has 0 saturated heterocycles. The summed E-state index contributed by atoms with van der Waals surface area (Å²) in [5.74, 6) is 0. The number of hydrogen-bond acceptors (Lipinski definition) is 2. The van der Waals surface area contributed by atoms with E-state index in [0.29, 0.717) is 12.2 Å². The second-order valence-corrected chi connectivity index (χ2v) is 1.71. The summed E-state index contributed by atoms with van der Waals surface area (Å²) in [5, 5.41) is 0. The molecule has 1 aliphatic heterocycles. The third-order valence-electron chi connectivity index (χ3n) is 1.06. The van der Waals surface area contributed by atoms with Crippen molar-refractivity contribution >= 4 is 6.34 Å². The van der Waals surface area contributed by atoms with Gasteiger partial charge < -0.3 is 0 Å². The maximum Gasteiger partial charge on any atom is 0.319 e. The first-order valence-electron chi connectivity index (χ1n) is 2.46. The Labute approximate surface area is 51.5 Å². The number of alkyl halides is 2. The summed E-state index contributed by atoms with van der Waals surface area (Å²) >= 11 is 0. The van der Waals surface area contributed by atoms with Gasteiger partial charge in [-0.3, -0.25) is 9.89 Å². The van der Waals surface area contributed by atoms with Crippen LogP contribution in [0.25, 0.3) is 0 Å². The molecule has 0 aromatic heterocycles. The van der Waals surface area contributed by atoms with Crippen LogP contribution in [0, 0.1) is 0 Å². The monoisotopic (exact) mass is 132 g/mol. The van der Waals surface area contributed by atoms with E-state index in [1.807, 2.05) is 0 Å². The molecule has 0 saturated carbocycles. The van der Waals surface area contributed by atoms with Crippen LogP contribution in [0.4, 0.5) is 8.78 Å². The van der Waals surface area contributed by atoms with E-state index in [1.165, 1.54) is 0 Å². The van der Waals surface area contributed by atoms with E-state index in [-0.39, 0.29) is 0 Å². The van der Waals surface area contributed by atoms with Gasteiger partial charge in [-0.2, -0.15) is 8.78 Å². The Balaban J connectivity index is 2.59. The highest BCUT2D eigenvalue weighted by molar-refractivity contribution is 5.61. The second-order valence-electron chi connectivity index (χ2n) is 1.71. The fraction of sp³-hybridized carbons (Fsp3) is 0.400. The lowest BCUT2D eigenvalue weighted by Gasteiger charge is -2.12. The highest BCUT2D eigenvalue weighted by atomic mass is 19.3. The van der Waals surface area contributed by atoms with Gasteiger partial charge in [0.2, 0.25) is 0 Å². The lowest BCUT2D eigenvalue weighted by molar-refractivity contribution is 0.0483. The van der Waals surface area contributed by atoms with Crippen molar-refractivity contribution in [3.8, 4) is 0 Å². The Morgan fingerprint density at radius 1 is 1.78 bits per heavy atom. The van der Waals surface area contributed by atoms with Crippen LogP contribution in [-0.4, -0.2) is 24.3 Å². The summed E-state index contributed by atoms with van der Waals surface area (Å²) < 4.78 is 23.5. The molecule has 0 N–H and O–H groups in total. The molecule has 2 nitrogen and oxygen atoms in total. The van der Waals surface area contributed by atoms with E-state index < -0.39 is 6.55 Å². The Morgan fingerprint density at radius 2 is 2.44 bits per heavy atom. The molecule has 0 aliphatic carbocycles. The van der Waals surface area contributed by atoms with Crippen LogP contribution >= 0.6 is 0 Å². The maximum absolute atomic E-state index is 11.8. The number of aliphatic imine (C=N–C) groups is 1. The van der Waals surface area contributed by atoms with Gasteiger partial charge in [0.15, 0.2) is 0 Å². The van der Waals surface area contributed by atoms with E-state index in [4.69, 9.17) is 0 Å². The van der Waals surface area contributed by atoms with Gasteiger partial charge in [-0.1, -0.05) is 6.58 Å². The lowest BCUT2D eigenvalue weighted by atomic mass is 10.5. The molecule has 0 amide bonds. The Bertz CT molecular complexity index is 153. The summed E-state index contributed by atoms with van der Waals surface area (Å²) in [5.41, 5.74) is 0.352. The van der Waals surface area contributed by atoms with Crippen LogP contribution in [0.3, 0.4) is 0 Å². The molecule has 0 aromatic carbocycles. The Hall–Kier alpha value is -0.930. The maximum atomic E-state index is 11.8. The molecule has 1 heterocycles. The van der Waals surface area contributed by atoms with Crippen LogP contribution in [0.2, 0.25) is 0 Å². The molecular formula is C5H6F2N2. The highest BCUT2D eigenvalue weighted by Crippen LogP contribution is 2.12. The Morgan fingerprint density at radius 3 is 2.67 bits per heavy atom. The summed E-state index contributed by atoms with van der Waals surface area (Å²) in [6.45, 7) is 1.18. The van der Waals surface area contributed by atoms with Crippen molar-refractivity contribution < 1.29 is 8.78 Å². The van der Waals surface area contributed by atoms with Crippen molar-refractivity contribution in [3.63, 3.8) is 0 Å². The molecule has 0 radical (unpaired) electrons. The standard InChI is InChI=1S/C5H6F2N2/c1-4-2-8-3-9(4)5(6)7/h3,5H,1-2H2. The smallest absolute Gasteiger partial charge is 0.278 e. The molecule has 4 heteroatoms. The van der Waals surface area contributed by atoms with Crippen LogP contribution in [-0.2, 0) is 0 Å². The van der Waals surface area contributed by atoms with Crippen LogP contribution in [0.5, 0.6) is 0 Å². The molecule has 0 fully saturated rings. The number of nitrogens with zero attached hydrogens (tertiary/aromatic N) is 2. The molecule has 0 unspecified atom stereocenters. The third-order valence-corrected chi connectivity index (χ3v) is 1.06. The van der Waals surface area contributed by atoms with Gasteiger partial charge in [-0.25, -0.2) is 0 Å². The number of hydrogen-bond donors (Lipinski definition) is 0. The quantitative estimate of drug-likeness (QED) is 0.487. The summed E-state index contributed by atoms with van der Waals surface area (Å²) in [6, 6.07) is 0. The normalized spacial score (nSPS) is 18.1. The topological polar surface area (TPSA) is 15.6 Å². The van der Waals surface area contributed by atoms with Gasteiger partial charge in [-0.05, 0) is 0 Å². The van der Waals surface area contributed by atoms with Crippen LogP contribution in [0.1, 0.15) is 0 Å². The average Bonchev–Trinajstić information content (AvgIpc) is 2.13. The van der Waals surface area contributed by atoms with E-state index in [9.17, 15) is 8.78 Å². The van der Waals surface area contributed by atoms with Crippen molar-refractivity contribution in [1.29, 1.82) is 0 Å². The molecule has 1 rings (SSSR count). The molecule has 0 aromatic rings. The van der Waals surface area contributed by atoms with Gasteiger partial charge in [0.1, 0.15) is 0 Å². The fourth-order valence-electron chi connectivity index (χ4n) is 0.586. The lowest BCUT2D eigenvalue weighted by Crippen LogP contribution is -2.22. The van der Waals surface area contributed by atoms with Crippen molar-refractivity contribution in [2.45, 2.75) is 6.55 Å².